The molecule has 5 rings (SSSR count). The van der Waals surface area contributed by atoms with Gasteiger partial charge >= 0.3 is 0 Å². The van der Waals surface area contributed by atoms with Crippen molar-refractivity contribution in [2.75, 3.05) is 13.1 Å². The van der Waals surface area contributed by atoms with Crippen molar-refractivity contribution in [3.05, 3.63) is 84.7 Å². The molecule has 0 saturated carbocycles. The monoisotopic (exact) mass is 352 g/mol. The van der Waals surface area contributed by atoms with Gasteiger partial charge in [0.2, 0.25) is 0 Å². The van der Waals surface area contributed by atoms with Gasteiger partial charge in [-0.25, -0.2) is 0 Å². The molecule has 2 nitrogen and oxygen atoms in total. The molecule has 1 spiro atoms. The van der Waals surface area contributed by atoms with Crippen LogP contribution in [0.5, 0.6) is 0 Å². The van der Waals surface area contributed by atoms with Crippen LogP contribution in [0.15, 0.2) is 73.6 Å². The van der Waals surface area contributed by atoms with Crippen LogP contribution >= 0.6 is 0 Å². The van der Waals surface area contributed by atoms with Crippen molar-refractivity contribution in [3.63, 3.8) is 0 Å². The van der Waals surface area contributed by atoms with Gasteiger partial charge in [0.25, 0.3) is 0 Å². The third-order valence-corrected chi connectivity index (χ3v) is 6.28. The fourth-order valence-electron chi connectivity index (χ4n) is 4.52. The maximum absolute atomic E-state index is 4.62. The predicted molar refractivity (Wildman–Crippen MR) is 113 cm³/mol. The molecular weight excluding hydrogens is 328 g/mol. The van der Waals surface area contributed by atoms with Crippen LogP contribution in [0.4, 0.5) is 0 Å². The lowest BCUT2D eigenvalue weighted by molar-refractivity contribution is 0.181. The van der Waals surface area contributed by atoms with Gasteiger partial charge < -0.3 is 4.90 Å². The molecule has 0 amide bonds. The topological polar surface area (TPSA) is 16.1 Å². The van der Waals surface area contributed by atoms with E-state index >= 15 is 0 Å². The Bertz CT molecular complexity index is 1040. The largest absolute Gasteiger partial charge is 0.378 e. The second-order valence-corrected chi connectivity index (χ2v) is 7.92. The van der Waals surface area contributed by atoms with Crippen LogP contribution in [-0.4, -0.2) is 23.0 Å². The Balaban J connectivity index is 1.45. The maximum atomic E-state index is 4.62. The van der Waals surface area contributed by atoms with E-state index in [0.717, 1.165) is 25.0 Å². The number of benzene rings is 2. The van der Waals surface area contributed by atoms with Crippen LogP contribution in [0.1, 0.15) is 24.0 Å². The number of para-hydroxylation sites is 1. The number of pyridine rings is 1. The highest BCUT2D eigenvalue weighted by molar-refractivity contribution is 5.84. The second kappa shape index (κ2) is 6.38. The van der Waals surface area contributed by atoms with E-state index in [2.05, 4.69) is 71.1 Å². The normalized spacial score (nSPS) is 17.9. The van der Waals surface area contributed by atoms with E-state index in [-0.39, 0.29) is 0 Å². The lowest BCUT2D eigenvalue weighted by Crippen LogP contribution is -2.38. The maximum Gasteiger partial charge on any atom is 0.0702 e. The van der Waals surface area contributed by atoms with Crippen molar-refractivity contribution in [1.29, 1.82) is 0 Å². The van der Waals surface area contributed by atoms with Crippen LogP contribution < -0.4 is 0 Å². The van der Waals surface area contributed by atoms with Gasteiger partial charge in [0.1, 0.15) is 0 Å². The Hall–Kier alpha value is -2.87. The molecule has 0 bridgehead atoms. The fraction of sp³-hybridized carbons (Fsp3) is 0.240. The summed E-state index contributed by atoms with van der Waals surface area (Å²) in [6.45, 7) is 6.14. The third-order valence-electron chi connectivity index (χ3n) is 6.28. The number of aromatic nitrogens is 1. The molecule has 0 atom stereocenters. The molecule has 1 saturated heterocycles. The minimum absolute atomic E-state index is 0.332. The summed E-state index contributed by atoms with van der Waals surface area (Å²) in [5.74, 6) is 0. The number of allylic oxidation sites excluding steroid dienone is 1. The van der Waals surface area contributed by atoms with Crippen molar-refractivity contribution in [2.24, 2.45) is 5.41 Å². The van der Waals surface area contributed by atoms with Crippen LogP contribution in [0.2, 0.25) is 0 Å². The van der Waals surface area contributed by atoms with E-state index in [1.54, 1.807) is 0 Å². The molecule has 1 aromatic heterocycles. The van der Waals surface area contributed by atoms with Gasteiger partial charge in [-0.2, -0.15) is 0 Å². The average Bonchev–Trinajstić information content (AvgIpc) is 2.74. The molecule has 2 heteroatoms. The molecule has 3 aromatic rings. The van der Waals surface area contributed by atoms with E-state index in [0.29, 0.717) is 5.41 Å². The predicted octanol–water partition coefficient (Wildman–Crippen LogP) is 5.70. The summed E-state index contributed by atoms with van der Waals surface area (Å²) in [4.78, 5) is 6.96. The first-order chi connectivity index (χ1) is 13.2. The van der Waals surface area contributed by atoms with Crippen molar-refractivity contribution < 1.29 is 0 Å². The first-order valence-electron chi connectivity index (χ1n) is 9.79. The van der Waals surface area contributed by atoms with E-state index in [4.69, 9.17) is 0 Å². The molecule has 2 heterocycles. The summed E-state index contributed by atoms with van der Waals surface area (Å²) in [6.07, 6.45) is 12.4. The number of nitrogens with zero attached hydrogens (tertiary/aromatic N) is 2. The molecule has 2 aromatic carbocycles. The molecular formula is C25H24N2. The smallest absolute Gasteiger partial charge is 0.0702 e. The Morgan fingerprint density at radius 3 is 2.70 bits per heavy atom. The standard InChI is InChI=1S/C25H24N2/c1-2-27-13-11-25(12-14-27)10-9-20-15-19(7-8-22(20)17-25)23-16-21-5-3-4-6-24(21)26-18-23/h2-10,15-16,18H,1,11-14,17H2. The number of hydrogen-bond donors (Lipinski definition) is 0. The van der Waals surface area contributed by atoms with Gasteiger partial charge in [-0.15, -0.1) is 0 Å². The van der Waals surface area contributed by atoms with E-state index < -0.39 is 0 Å². The molecule has 0 N–H and O–H groups in total. The summed E-state index contributed by atoms with van der Waals surface area (Å²) in [6, 6.07) is 17.4. The van der Waals surface area contributed by atoms with Crippen LogP contribution in [0, 0.1) is 5.41 Å². The summed E-state index contributed by atoms with van der Waals surface area (Å²) in [5, 5.41) is 1.19. The van der Waals surface area contributed by atoms with Gasteiger partial charge in [-0.05, 0) is 65.8 Å². The SMILES string of the molecule is C=CN1CCC2(C=Cc3cc(-c4cnc5ccccc5c4)ccc3C2)CC1. The quantitative estimate of drug-likeness (QED) is 0.588. The molecule has 1 aliphatic carbocycles. The Morgan fingerprint density at radius 2 is 1.85 bits per heavy atom. The van der Waals surface area contributed by atoms with Crippen LogP contribution in [0.3, 0.4) is 0 Å². The molecule has 1 fully saturated rings. The Labute approximate surface area is 160 Å². The van der Waals surface area contributed by atoms with Gasteiger partial charge in [-0.1, -0.05) is 49.1 Å². The summed E-state index contributed by atoms with van der Waals surface area (Å²) < 4.78 is 0. The van der Waals surface area contributed by atoms with Crippen LogP contribution in [-0.2, 0) is 6.42 Å². The summed E-state index contributed by atoms with van der Waals surface area (Å²) in [5.41, 5.74) is 6.64. The van der Waals surface area contributed by atoms with E-state index in [9.17, 15) is 0 Å². The summed E-state index contributed by atoms with van der Waals surface area (Å²) >= 11 is 0. The van der Waals surface area contributed by atoms with Crippen molar-refractivity contribution >= 4 is 17.0 Å². The van der Waals surface area contributed by atoms with E-state index in [1.165, 1.54) is 40.5 Å². The zero-order valence-electron chi connectivity index (χ0n) is 15.6. The number of fused-ring (bicyclic) bond motifs is 2. The molecule has 27 heavy (non-hydrogen) atoms. The molecule has 2 aliphatic rings. The Morgan fingerprint density at radius 1 is 1.00 bits per heavy atom. The minimum atomic E-state index is 0.332. The highest BCUT2D eigenvalue weighted by Crippen LogP contribution is 2.42. The number of hydrogen-bond acceptors (Lipinski definition) is 2. The fourth-order valence-corrected chi connectivity index (χ4v) is 4.52. The second-order valence-electron chi connectivity index (χ2n) is 7.92. The molecule has 0 radical (unpaired) electrons. The number of rotatable bonds is 2. The minimum Gasteiger partial charge on any atom is -0.378 e. The zero-order valence-corrected chi connectivity index (χ0v) is 15.6. The number of likely N-dealkylation sites (tertiary alicyclic amines) is 1. The molecule has 1 aliphatic heterocycles. The lowest BCUT2D eigenvalue weighted by Gasteiger charge is -2.41. The average molecular weight is 352 g/mol. The van der Waals surface area contributed by atoms with Gasteiger partial charge in [-0.3, -0.25) is 4.98 Å². The van der Waals surface area contributed by atoms with E-state index in [1.807, 2.05) is 18.5 Å². The van der Waals surface area contributed by atoms with Crippen molar-refractivity contribution in [3.8, 4) is 11.1 Å². The lowest BCUT2D eigenvalue weighted by atomic mass is 9.70. The van der Waals surface area contributed by atoms with Gasteiger partial charge in [0, 0.05) is 30.2 Å². The first kappa shape index (κ1) is 16.3. The third kappa shape index (κ3) is 2.95. The van der Waals surface area contributed by atoms with Gasteiger partial charge in [0.15, 0.2) is 0 Å². The Kier molecular flexibility index (Phi) is 3.86. The zero-order chi connectivity index (χ0) is 18.3. The highest BCUT2D eigenvalue weighted by atomic mass is 15.1. The van der Waals surface area contributed by atoms with Gasteiger partial charge in [0.05, 0.1) is 5.52 Å². The first-order valence-corrected chi connectivity index (χ1v) is 9.79. The summed E-state index contributed by atoms with van der Waals surface area (Å²) in [7, 11) is 0. The number of piperidine rings is 1. The van der Waals surface area contributed by atoms with Crippen molar-refractivity contribution in [1.82, 2.24) is 9.88 Å². The highest BCUT2D eigenvalue weighted by Gasteiger charge is 2.34. The van der Waals surface area contributed by atoms with Crippen molar-refractivity contribution in [2.45, 2.75) is 19.3 Å². The molecule has 0 unspecified atom stereocenters. The molecule has 134 valence electrons. The van der Waals surface area contributed by atoms with Crippen LogP contribution in [0.25, 0.3) is 28.1 Å².